The second-order valence-electron chi connectivity index (χ2n) is 2.12. The highest BCUT2D eigenvalue weighted by Gasteiger charge is 1.98. The summed E-state index contributed by atoms with van der Waals surface area (Å²) in [6, 6.07) is 3.59. The smallest absolute Gasteiger partial charge is 0.168 e. The molecule has 2 N–H and O–H groups in total. The molecule has 3 nitrogen and oxygen atoms in total. The molecule has 0 saturated heterocycles. The Morgan fingerprint density at radius 2 is 2.36 bits per heavy atom. The number of aryl methyl sites for hydroxylation is 1. The van der Waals surface area contributed by atoms with Crippen LogP contribution in [0.15, 0.2) is 25.0 Å². The minimum atomic E-state index is 0.393. The van der Waals surface area contributed by atoms with Gasteiger partial charge < -0.3 is 10.5 Å². The summed E-state index contributed by atoms with van der Waals surface area (Å²) >= 11 is 0. The number of hydrogen-bond donors (Lipinski definition) is 1. The Hall–Kier alpha value is -1.51. The van der Waals surface area contributed by atoms with Crippen molar-refractivity contribution in [3.05, 3.63) is 30.7 Å². The first-order valence-corrected chi connectivity index (χ1v) is 3.24. The van der Waals surface area contributed by atoms with Crippen LogP contribution in [-0.4, -0.2) is 4.98 Å². The van der Waals surface area contributed by atoms with Gasteiger partial charge in [-0.25, -0.2) is 4.98 Å². The fourth-order valence-electron chi connectivity index (χ4n) is 0.753. The summed E-state index contributed by atoms with van der Waals surface area (Å²) in [4.78, 5) is 4.00. The third kappa shape index (κ3) is 1.70. The molecule has 0 spiro atoms. The molecule has 0 aliphatic heterocycles. The maximum Gasteiger partial charge on any atom is 0.168 e. The van der Waals surface area contributed by atoms with E-state index in [-0.39, 0.29) is 0 Å². The molecular weight excluding hydrogens is 140 g/mol. The van der Waals surface area contributed by atoms with E-state index in [2.05, 4.69) is 11.6 Å². The highest BCUT2D eigenvalue weighted by atomic mass is 16.5. The van der Waals surface area contributed by atoms with Gasteiger partial charge in [0.1, 0.15) is 0 Å². The van der Waals surface area contributed by atoms with Crippen molar-refractivity contribution in [2.24, 2.45) is 0 Å². The predicted octanol–water partition coefficient (Wildman–Crippen LogP) is 1.49. The molecule has 0 radical (unpaired) electrons. The number of nitrogen functional groups attached to an aromatic ring is 1. The van der Waals surface area contributed by atoms with Gasteiger partial charge in [-0.1, -0.05) is 6.58 Å². The first-order chi connectivity index (χ1) is 5.24. The Bertz CT molecular complexity index is 271. The highest BCUT2D eigenvalue weighted by molar-refractivity contribution is 5.46. The summed E-state index contributed by atoms with van der Waals surface area (Å²) < 4.78 is 4.97. The molecule has 0 fully saturated rings. The van der Waals surface area contributed by atoms with E-state index in [1.54, 1.807) is 6.07 Å². The molecule has 58 valence electrons. The van der Waals surface area contributed by atoms with Crippen LogP contribution in [0, 0.1) is 6.92 Å². The third-order valence-corrected chi connectivity index (χ3v) is 1.24. The summed E-state index contributed by atoms with van der Waals surface area (Å²) in [5, 5.41) is 0. The summed E-state index contributed by atoms with van der Waals surface area (Å²) in [6.07, 6.45) is 1.32. The van der Waals surface area contributed by atoms with Gasteiger partial charge in [0.2, 0.25) is 0 Å². The molecule has 0 unspecified atom stereocenters. The van der Waals surface area contributed by atoms with Crippen LogP contribution in [0.3, 0.4) is 0 Å². The Morgan fingerprint density at radius 3 is 2.91 bits per heavy atom. The van der Waals surface area contributed by atoms with E-state index in [4.69, 9.17) is 10.5 Å². The van der Waals surface area contributed by atoms with Crippen molar-refractivity contribution in [3.63, 3.8) is 0 Å². The van der Waals surface area contributed by atoms with Gasteiger partial charge in [-0.2, -0.15) is 0 Å². The summed E-state index contributed by atoms with van der Waals surface area (Å²) in [7, 11) is 0. The van der Waals surface area contributed by atoms with Crippen LogP contribution in [0.25, 0.3) is 0 Å². The minimum absolute atomic E-state index is 0.393. The number of aromatic nitrogens is 1. The summed E-state index contributed by atoms with van der Waals surface area (Å²) in [5.74, 6) is 0.940. The van der Waals surface area contributed by atoms with Crippen molar-refractivity contribution in [1.29, 1.82) is 0 Å². The van der Waals surface area contributed by atoms with Crippen LogP contribution >= 0.6 is 0 Å². The van der Waals surface area contributed by atoms with Crippen molar-refractivity contribution in [3.8, 4) is 5.75 Å². The average Bonchev–Trinajstić information content (AvgIpc) is 1.95. The molecule has 1 aromatic rings. The first-order valence-electron chi connectivity index (χ1n) is 3.24. The van der Waals surface area contributed by atoms with Gasteiger partial charge in [-0.05, 0) is 19.1 Å². The molecule has 1 heterocycles. The lowest BCUT2D eigenvalue weighted by Gasteiger charge is -2.02. The van der Waals surface area contributed by atoms with Crippen LogP contribution in [0.5, 0.6) is 5.75 Å². The van der Waals surface area contributed by atoms with E-state index in [1.165, 1.54) is 6.26 Å². The Balaban J connectivity index is 2.98. The summed E-state index contributed by atoms with van der Waals surface area (Å²) in [6.45, 7) is 5.28. The zero-order valence-corrected chi connectivity index (χ0v) is 6.37. The Morgan fingerprint density at radius 1 is 1.64 bits per heavy atom. The molecule has 1 aromatic heterocycles. The lowest BCUT2D eigenvalue weighted by molar-refractivity contribution is 0.483. The normalized spacial score (nSPS) is 9.18. The topological polar surface area (TPSA) is 48.1 Å². The lowest BCUT2D eigenvalue weighted by atomic mass is 10.3. The second-order valence-corrected chi connectivity index (χ2v) is 2.12. The van der Waals surface area contributed by atoms with E-state index in [0.29, 0.717) is 11.6 Å². The van der Waals surface area contributed by atoms with Gasteiger partial charge in [0, 0.05) is 5.69 Å². The molecule has 11 heavy (non-hydrogen) atoms. The number of nitrogens with zero attached hydrogens (tertiary/aromatic N) is 1. The van der Waals surface area contributed by atoms with Gasteiger partial charge in [-0.3, -0.25) is 0 Å². The van der Waals surface area contributed by atoms with Crippen LogP contribution in [0.2, 0.25) is 0 Å². The molecule has 0 atom stereocenters. The standard InChI is InChI=1S/C8H10N2O/c1-3-11-7-5-4-6(2)10-8(7)9/h3-5H,1H2,2H3,(H2,9,10). The lowest BCUT2D eigenvalue weighted by Crippen LogP contribution is -1.95. The Labute approximate surface area is 65.5 Å². The maximum absolute atomic E-state index is 5.52. The number of hydrogen-bond acceptors (Lipinski definition) is 3. The van der Waals surface area contributed by atoms with Crippen molar-refractivity contribution >= 4 is 5.82 Å². The molecule has 0 saturated carbocycles. The number of nitrogens with two attached hydrogens (primary N) is 1. The predicted molar refractivity (Wildman–Crippen MR) is 44.2 cm³/mol. The van der Waals surface area contributed by atoms with Crippen molar-refractivity contribution in [2.45, 2.75) is 6.92 Å². The number of ether oxygens (including phenoxy) is 1. The maximum atomic E-state index is 5.52. The van der Waals surface area contributed by atoms with E-state index in [1.807, 2.05) is 13.0 Å². The highest BCUT2D eigenvalue weighted by Crippen LogP contribution is 2.18. The van der Waals surface area contributed by atoms with Crippen molar-refractivity contribution in [1.82, 2.24) is 4.98 Å². The average molecular weight is 150 g/mol. The van der Waals surface area contributed by atoms with Crippen LogP contribution in [0.4, 0.5) is 5.82 Å². The van der Waals surface area contributed by atoms with E-state index < -0.39 is 0 Å². The molecule has 3 heteroatoms. The van der Waals surface area contributed by atoms with Gasteiger partial charge in [0.05, 0.1) is 6.26 Å². The number of rotatable bonds is 2. The fourth-order valence-corrected chi connectivity index (χ4v) is 0.753. The zero-order chi connectivity index (χ0) is 8.27. The number of anilines is 1. The molecule has 0 bridgehead atoms. The molecule has 0 aromatic carbocycles. The van der Waals surface area contributed by atoms with E-state index in [9.17, 15) is 0 Å². The largest absolute Gasteiger partial charge is 0.462 e. The third-order valence-electron chi connectivity index (χ3n) is 1.24. The minimum Gasteiger partial charge on any atom is -0.462 e. The molecule has 1 rings (SSSR count). The number of pyridine rings is 1. The fraction of sp³-hybridized carbons (Fsp3) is 0.125. The van der Waals surface area contributed by atoms with Gasteiger partial charge in [0.15, 0.2) is 11.6 Å². The molecule has 0 aliphatic rings. The second kappa shape index (κ2) is 3.05. The van der Waals surface area contributed by atoms with Crippen LogP contribution in [0.1, 0.15) is 5.69 Å². The SMILES string of the molecule is C=COc1ccc(C)nc1N. The van der Waals surface area contributed by atoms with Gasteiger partial charge in [0.25, 0.3) is 0 Å². The van der Waals surface area contributed by atoms with Gasteiger partial charge >= 0.3 is 0 Å². The van der Waals surface area contributed by atoms with Crippen molar-refractivity contribution in [2.75, 3.05) is 5.73 Å². The van der Waals surface area contributed by atoms with Crippen LogP contribution < -0.4 is 10.5 Å². The molecular formula is C8H10N2O. The van der Waals surface area contributed by atoms with E-state index in [0.717, 1.165) is 5.69 Å². The Kier molecular flexibility index (Phi) is 2.11. The zero-order valence-electron chi connectivity index (χ0n) is 6.37. The first kappa shape index (κ1) is 7.60. The van der Waals surface area contributed by atoms with Gasteiger partial charge in [-0.15, -0.1) is 0 Å². The molecule has 0 aliphatic carbocycles. The molecule has 0 amide bonds. The van der Waals surface area contributed by atoms with E-state index >= 15 is 0 Å². The summed E-state index contributed by atoms with van der Waals surface area (Å²) in [5.41, 5.74) is 6.40. The monoisotopic (exact) mass is 150 g/mol. The van der Waals surface area contributed by atoms with Crippen molar-refractivity contribution < 1.29 is 4.74 Å². The quantitative estimate of drug-likeness (QED) is 0.650. The van der Waals surface area contributed by atoms with Crippen LogP contribution in [-0.2, 0) is 0 Å².